The average molecular weight is 274 g/mol. The Kier molecular flexibility index (Phi) is 4.19. The van der Waals surface area contributed by atoms with Crippen molar-refractivity contribution in [2.45, 2.75) is 51.9 Å². The van der Waals surface area contributed by atoms with Crippen molar-refractivity contribution in [2.75, 3.05) is 11.9 Å². The van der Waals surface area contributed by atoms with Gasteiger partial charge in [-0.2, -0.15) is 0 Å². The molecule has 1 aromatic rings. The van der Waals surface area contributed by atoms with E-state index in [4.69, 9.17) is 5.73 Å². The summed E-state index contributed by atoms with van der Waals surface area (Å²) in [6.07, 6.45) is 4.31. The van der Waals surface area contributed by atoms with Gasteiger partial charge in [-0.15, -0.1) is 0 Å². The number of benzene rings is 1. The molecule has 2 rings (SSSR count). The van der Waals surface area contributed by atoms with Crippen LogP contribution in [0.3, 0.4) is 0 Å². The van der Waals surface area contributed by atoms with Gasteiger partial charge in [0.2, 0.25) is 5.91 Å². The van der Waals surface area contributed by atoms with Crippen LogP contribution in [0.4, 0.5) is 5.69 Å². The van der Waals surface area contributed by atoms with Gasteiger partial charge >= 0.3 is 0 Å². The average Bonchev–Trinajstić information content (AvgIpc) is 2.88. The molecule has 0 spiro atoms. The van der Waals surface area contributed by atoms with Crippen molar-refractivity contribution in [3.8, 4) is 0 Å². The molecule has 0 aliphatic heterocycles. The number of amides is 1. The minimum Gasteiger partial charge on any atom is -0.330 e. The number of carbonyl (C=O) groups is 1. The molecule has 3 nitrogen and oxygen atoms in total. The first-order chi connectivity index (χ1) is 9.37. The molecule has 0 heterocycles. The molecule has 0 aromatic heterocycles. The van der Waals surface area contributed by atoms with E-state index in [1.165, 1.54) is 5.56 Å². The second-order valence-corrected chi connectivity index (χ2v) is 6.89. The van der Waals surface area contributed by atoms with Gasteiger partial charge in [0.25, 0.3) is 0 Å². The van der Waals surface area contributed by atoms with Crippen molar-refractivity contribution < 1.29 is 4.79 Å². The van der Waals surface area contributed by atoms with Crippen molar-refractivity contribution in [1.82, 2.24) is 0 Å². The second-order valence-electron chi connectivity index (χ2n) is 6.89. The number of nitrogens with one attached hydrogen (secondary N) is 1. The highest BCUT2D eigenvalue weighted by atomic mass is 16.2. The van der Waals surface area contributed by atoms with Crippen molar-refractivity contribution in [3.05, 3.63) is 29.8 Å². The maximum atomic E-state index is 12.3. The van der Waals surface area contributed by atoms with Crippen LogP contribution in [0.2, 0.25) is 0 Å². The van der Waals surface area contributed by atoms with Crippen LogP contribution >= 0.6 is 0 Å². The molecule has 1 aliphatic rings. The molecule has 0 saturated heterocycles. The van der Waals surface area contributed by atoms with Crippen LogP contribution in [0, 0.1) is 5.41 Å². The van der Waals surface area contributed by atoms with Gasteiger partial charge in [-0.25, -0.2) is 0 Å². The molecule has 3 heteroatoms. The first-order valence-electron chi connectivity index (χ1n) is 7.49. The lowest BCUT2D eigenvalue weighted by molar-refractivity contribution is -0.124. The Morgan fingerprint density at radius 1 is 1.25 bits per heavy atom. The van der Waals surface area contributed by atoms with Crippen LogP contribution in [-0.4, -0.2) is 12.5 Å². The van der Waals surface area contributed by atoms with E-state index < -0.39 is 0 Å². The van der Waals surface area contributed by atoms with Gasteiger partial charge in [0.05, 0.1) is 0 Å². The molecule has 1 saturated carbocycles. The molecule has 0 unspecified atom stereocenters. The topological polar surface area (TPSA) is 55.1 Å². The highest BCUT2D eigenvalue weighted by Gasteiger charge is 2.36. The van der Waals surface area contributed by atoms with E-state index >= 15 is 0 Å². The normalized spacial score (nSPS) is 18.0. The zero-order chi connectivity index (χ0) is 14.8. The number of hydrogen-bond acceptors (Lipinski definition) is 2. The van der Waals surface area contributed by atoms with Crippen molar-refractivity contribution >= 4 is 11.6 Å². The largest absolute Gasteiger partial charge is 0.330 e. The van der Waals surface area contributed by atoms with Crippen LogP contribution in [0.1, 0.15) is 52.0 Å². The van der Waals surface area contributed by atoms with Crippen molar-refractivity contribution in [2.24, 2.45) is 11.1 Å². The monoisotopic (exact) mass is 274 g/mol. The number of rotatable bonds is 4. The summed E-state index contributed by atoms with van der Waals surface area (Å²) in [7, 11) is 0. The fourth-order valence-corrected chi connectivity index (χ4v) is 2.79. The van der Waals surface area contributed by atoms with E-state index in [9.17, 15) is 4.79 Å². The van der Waals surface area contributed by atoms with Crippen molar-refractivity contribution in [3.63, 3.8) is 0 Å². The molecule has 1 aliphatic carbocycles. The summed E-state index contributed by atoms with van der Waals surface area (Å²) in [4.78, 5) is 12.3. The van der Waals surface area contributed by atoms with E-state index in [-0.39, 0.29) is 16.7 Å². The van der Waals surface area contributed by atoms with Gasteiger partial charge in [0.1, 0.15) is 0 Å². The summed E-state index contributed by atoms with van der Waals surface area (Å²) < 4.78 is 0. The standard InChI is InChI=1S/C17H26N2O/c1-16(2,12-18)13-6-8-14(9-7-13)19-15(20)17(3)10-4-5-11-17/h6-9H,4-5,10-12,18H2,1-3H3,(H,19,20). The number of anilines is 1. The fraction of sp³-hybridized carbons (Fsp3) is 0.588. The predicted molar refractivity (Wildman–Crippen MR) is 83.7 cm³/mol. The van der Waals surface area contributed by atoms with Gasteiger partial charge in [-0.1, -0.05) is 45.7 Å². The van der Waals surface area contributed by atoms with Crippen LogP contribution in [-0.2, 0) is 10.2 Å². The summed E-state index contributed by atoms with van der Waals surface area (Å²) in [6, 6.07) is 8.06. The first kappa shape index (κ1) is 15.0. The molecular formula is C17H26N2O. The van der Waals surface area contributed by atoms with Crippen LogP contribution in [0.25, 0.3) is 0 Å². The lowest BCUT2D eigenvalue weighted by Gasteiger charge is -2.24. The van der Waals surface area contributed by atoms with Gasteiger partial charge in [-0.05, 0) is 30.5 Å². The van der Waals surface area contributed by atoms with Gasteiger partial charge in [0, 0.05) is 23.1 Å². The molecule has 1 fully saturated rings. The Balaban J connectivity index is 2.06. The quantitative estimate of drug-likeness (QED) is 0.883. The third-order valence-corrected chi connectivity index (χ3v) is 4.69. The molecule has 0 radical (unpaired) electrons. The third kappa shape index (κ3) is 3.04. The Morgan fingerprint density at radius 3 is 2.30 bits per heavy atom. The van der Waals surface area contributed by atoms with E-state index in [0.29, 0.717) is 6.54 Å². The Hall–Kier alpha value is -1.35. The lowest BCUT2D eigenvalue weighted by Crippen LogP contribution is -2.31. The second kappa shape index (κ2) is 5.57. The van der Waals surface area contributed by atoms with E-state index in [2.05, 4.69) is 38.2 Å². The molecule has 3 N–H and O–H groups in total. The molecule has 20 heavy (non-hydrogen) atoms. The summed E-state index contributed by atoms with van der Waals surface area (Å²) >= 11 is 0. The lowest BCUT2D eigenvalue weighted by atomic mass is 9.84. The molecule has 0 bridgehead atoms. The molecule has 1 aromatic carbocycles. The maximum Gasteiger partial charge on any atom is 0.230 e. The van der Waals surface area contributed by atoms with E-state index in [0.717, 1.165) is 31.4 Å². The van der Waals surface area contributed by atoms with Gasteiger partial charge in [0.15, 0.2) is 0 Å². The summed E-state index contributed by atoms with van der Waals surface area (Å²) in [5.41, 5.74) is 7.65. The first-order valence-corrected chi connectivity index (χ1v) is 7.49. The Labute approximate surface area is 121 Å². The van der Waals surface area contributed by atoms with E-state index in [1.54, 1.807) is 0 Å². The SMILES string of the molecule is CC1(C(=O)Nc2ccc(C(C)(C)CN)cc2)CCCC1. The Bertz CT molecular complexity index is 470. The van der Waals surface area contributed by atoms with Gasteiger partial charge in [-0.3, -0.25) is 4.79 Å². The predicted octanol–water partition coefficient (Wildman–Crippen LogP) is 3.44. The number of nitrogens with two attached hydrogens (primary N) is 1. The van der Waals surface area contributed by atoms with Gasteiger partial charge < -0.3 is 11.1 Å². The molecule has 0 atom stereocenters. The summed E-state index contributed by atoms with van der Waals surface area (Å²) in [6.45, 7) is 6.93. The fourth-order valence-electron chi connectivity index (χ4n) is 2.79. The smallest absolute Gasteiger partial charge is 0.230 e. The van der Waals surface area contributed by atoms with Crippen LogP contribution in [0.5, 0.6) is 0 Å². The highest BCUT2D eigenvalue weighted by Crippen LogP contribution is 2.38. The highest BCUT2D eigenvalue weighted by molar-refractivity contribution is 5.95. The van der Waals surface area contributed by atoms with Crippen LogP contribution < -0.4 is 11.1 Å². The minimum absolute atomic E-state index is 0.0278. The number of hydrogen-bond donors (Lipinski definition) is 2. The van der Waals surface area contributed by atoms with Crippen LogP contribution in [0.15, 0.2) is 24.3 Å². The molecule has 1 amide bonds. The zero-order valence-corrected chi connectivity index (χ0v) is 12.8. The molecular weight excluding hydrogens is 248 g/mol. The Morgan fingerprint density at radius 2 is 1.80 bits per heavy atom. The summed E-state index contributed by atoms with van der Waals surface area (Å²) in [5, 5.41) is 3.05. The zero-order valence-electron chi connectivity index (χ0n) is 12.8. The molecule has 110 valence electrons. The third-order valence-electron chi connectivity index (χ3n) is 4.69. The summed E-state index contributed by atoms with van der Waals surface area (Å²) in [5.74, 6) is 0.154. The van der Waals surface area contributed by atoms with Crippen molar-refractivity contribution in [1.29, 1.82) is 0 Å². The minimum atomic E-state index is -0.185. The number of carbonyl (C=O) groups excluding carboxylic acids is 1. The maximum absolute atomic E-state index is 12.3. The van der Waals surface area contributed by atoms with E-state index in [1.807, 2.05) is 12.1 Å².